The van der Waals surface area contributed by atoms with E-state index < -0.39 is 0 Å². The number of piperidine rings is 1. The molecule has 1 saturated heterocycles. The summed E-state index contributed by atoms with van der Waals surface area (Å²) in [6.45, 7) is 3.41. The molecule has 0 saturated carbocycles. The zero-order chi connectivity index (χ0) is 13.8. The fourth-order valence-electron chi connectivity index (χ4n) is 2.88. The van der Waals surface area contributed by atoms with E-state index in [-0.39, 0.29) is 0 Å². The van der Waals surface area contributed by atoms with Crippen LogP contribution in [0.1, 0.15) is 18.4 Å². The molecule has 1 aromatic heterocycles. The lowest BCUT2D eigenvalue weighted by Gasteiger charge is -2.32. The summed E-state index contributed by atoms with van der Waals surface area (Å²) < 4.78 is 2.03. The van der Waals surface area contributed by atoms with E-state index in [4.69, 9.17) is 0 Å². The second-order valence-corrected chi connectivity index (χ2v) is 5.50. The Morgan fingerprint density at radius 2 is 2.15 bits per heavy atom. The lowest BCUT2D eigenvalue weighted by molar-refractivity contribution is 0.188. The third-order valence-corrected chi connectivity index (χ3v) is 4.06. The van der Waals surface area contributed by atoms with E-state index in [9.17, 15) is 0 Å². The molecular weight excluding hydrogens is 248 g/mol. The molecule has 4 nitrogen and oxygen atoms in total. The number of likely N-dealkylation sites (tertiary alicyclic amines) is 1. The van der Waals surface area contributed by atoms with E-state index in [1.54, 1.807) is 6.20 Å². The Labute approximate surface area is 120 Å². The molecule has 0 bridgehead atoms. The minimum atomic E-state index is 0.647. The summed E-state index contributed by atoms with van der Waals surface area (Å²) in [5.41, 5.74) is 2.55. The third kappa shape index (κ3) is 3.08. The molecule has 4 heteroatoms. The summed E-state index contributed by atoms with van der Waals surface area (Å²) in [6.07, 6.45) is 8.19. The summed E-state index contributed by atoms with van der Waals surface area (Å²) >= 11 is 0. The Kier molecular flexibility index (Phi) is 4.14. The zero-order valence-corrected chi connectivity index (χ0v) is 12.0. The fraction of sp³-hybridized carbons (Fsp3) is 0.438. The summed E-state index contributed by atoms with van der Waals surface area (Å²) in [6, 6.07) is 9.41. The van der Waals surface area contributed by atoms with E-state index in [0.717, 1.165) is 18.8 Å². The van der Waals surface area contributed by atoms with Gasteiger partial charge in [-0.05, 0) is 44.1 Å². The molecule has 2 heterocycles. The van der Waals surface area contributed by atoms with Gasteiger partial charge >= 0.3 is 0 Å². The van der Waals surface area contributed by atoms with Crippen molar-refractivity contribution in [1.29, 1.82) is 0 Å². The molecule has 0 aliphatic carbocycles. The van der Waals surface area contributed by atoms with Crippen LogP contribution in [-0.2, 0) is 6.54 Å². The number of likely N-dealkylation sites (N-methyl/N-ethyl adjacent to an activating group) is 1. The predicted octanol–water partition coefficient (Wildman–Crippen LogP) is 2.06. The van der Waals surface area contributed by atoms with Crippen molar-refractivity contribution in [2.45, 2.75) is 25.4 Å². The van der Waals surface area contributed by atoms with Crippen molar-refractivity contribution in [3.8, 4) is 5.69 Å². The molecule has 2 aromatic rings. The molecule has 3 rings (SSSR count). The standard InChI is InChI=1S/C16H22N4/c1-17-15-3-2-9-19(12-15)11-14-4-6-16(7-5-14)20-10-8-18-13-20/h4-8,10,13,15,17H,2-3,9,11-12H2,1H3. The van der Waals surface area contributed by atoms with Gasteiger partial charge in [0, 0.05) is 37.2 Å². The molecule has 1 fully saturated rings. The van der Waals surface area contributed by atoms with Gasteiger partial charge in [0.15, 0.2) is 0 Å². The average Bonchev–Trinajstić information content (AvgIpc) is 3.02. The van der Waals surface area contributed by atoms with Gasteiger partial charge in [0.1, 0.15) is 0 Å². The Bertz CT molecular complexity index is 518. The summed E-state index contributed by atoms with van der Waals surface area (Å²) in [5.74, 6) is 0. The minimum Gasteiger partial charge on any atom is -0.316 e. The average molecular weight is 270 g/mol. The van der Waals surface area contributed by atoms with Crippen LogP contribution in [0.4, 0.5) is 0 Å². The highest BCUT2D eigenvalue weighted by Gasteiger charge is 2.18. The van der Waals surface area contributed by atoms with E-state index in [2.05, 4.69) is 46.5 Å². The molecule has 0 amide bonds. The first-order valence-corrected chi connectivity index (χ1v) is 7.32. The van der Waals surface area contributed by atoms with Crippen LogP contribution in [0.2, 0.25) is 0 Å². The second kappa shape index (κ2) is 6.20. The smallest absolute Gasteiger partial charge is 0.0991 e. The number of rotatable bonds is 4. The van der Waals surface area contributed by atoms with Gasteiger partial charge in [-0.3, -0.25) is 4.90 Å². The van der Waals surface area contributed by atoms with Crippen molar-refractivity contribution in [2.75, 3.05) is 20.1 Å². The van der Waals surface area contributed by atoms with Gasteiger partial charge in [0.2, 0.25) is 0 Å². The van der Waals surface area contributed by atoms with E-state index >= 15 is 0 Å². The molecule has 1 atom stereocenters. The van der Waals surface area contributed by atoms with Crippen molar-refractivity contribution in [3.63, 3.8) is 0 Å². The van der Waals surface area contributed by atoms with Crippen LogP contribution >= 0.6 is 0 Å². The molecule has 1 N–H and O–H groups in total. The Balaban J connectivity index is 1.63. The van der Waals surface area contributed by atoms with Crippen LogP contribution in [-0.4, -0.2) is 40.6 Å². The molecule has 1 aliphatic heterocycles. The first-order chi connectivity index (χ1) is 9.85. The number of imidazole rings is 1. The molecule has 106 valence electrons. The zero-order valence-electron chi connectivity index (χ0n) is 12.0. The van der Waals surface area contributed by atoms with Crippen molar-refractivity contribution in [1.82, 2.24) is 19.8 Å². The number of nitrogens with zero attached hydrogens (tertiary/aromatic N) is 3. The summed E-state index contributed by atoms with van der Waals surface area (Å²) in [4.78, 5) is 6.62. The summed E-state index contributed by atoms with van der Waals surface area (Å²) in [5, 5.41) is 3.40. The van der Waals surface area contributed by atoms with Crippen LogP contribution in [0, 0.1) is 0 Å². The second-order valence-electron chi connectivity index (χ2n) is 5.50. The minimum absolute atomic E-state index is 0.647. The molecule has 0 radical (unpaired) electrons. The topological polar surface area (TPSA) is 33.1 Å². The van der Waals surface area contributed by atoms with Crippen LogP contribution in [0.15, 0.2) is 43.0 Å². The Morgan fingerprint density at radius 3 is 2.85 bits per heavy atom. The molecule has 1 aromatic carbocycles. The normalized spacial score (nSPS) is 20.1. The van der Waals surface area contributed by atoms with Crippen LogP contribution in [0.5, 0.6) is 0 Å². The van der Waals surface area contributed by atoms with Gasteiger partial charge in [-0.25, -0.2) is 4.98 Å². The fourth-order valence-corrected chi connectivity index (χ4v) is 2.88. The number of nitrogens with one attached hydrogen (secondary N) is 1. The van der Waals surface area contributed by atoms with Crippen LogP contribution in [0.3, 0.4) is 0 Å². The van der Waals surface area contributed by atoms with E-state index in [1.807, 2.05) is 17.1 Å². The van der Waals surface area contributed by atoms with E-state index in [1.165, 1.54) is 24.9 Å². The van der Waals surface area contributed by atoms with E-state index in [0.29, 0.717) is 6.04 Å². The van der Waals surface area contributed by atoms with Crippen molar-refractivity contribution < 1.29 is 0 Å². The van der Waals surface area contributed by atoms with Crippen molar-refractivity contribution >= 4 is 0 Å². The first kappa shape index (κ1) is 13.3. The van der Waals surface area contributed by atoms with Gasteiger partial charge < -0.3 is 9.88 Å². The number of hydrogen-bond donors (Lipinski definition) is 1. The SMILES string of the molecule is CNC1CCCN(Cc2ccc(-n3ccnc3)cc2)C1. The third-order valence-electron chi connectivity index (χ3n) is 4.06. The Morgan fingerprint density at radius 1 is 1.30 bits per heavy atom. The molecular formula is C16H22N4. The maximum Gasteiger partial charge on any atom is 0.0991 e. The predicted molar refractivity (Wildman–Crippen MR) is 80.9 cm³/mol. The molecule has 1 aliphatic rings. The number of hydrogen-bond acceptors (Lipinski definition) is 3. The van der Waals surface area contributed by atoms with Crippen molar-refractivity contribution in [3.05, 3.63) is 48.5 Å². The van der Waals surface area contributed by atoms with Crippen LogP contribution in [0.25, 0.3) is 5.69 Å². The van der Waals surface area contributed by atoms with Gasteiger partial charge in [-0.1, -0.05) is 12.1 Å². The van der Waals surface area contributed by atoms with Crippen LogP contribution < -0.4 is 5.32 Å². The molecule has 0 spiro atoms. The first-order valence-electron chi connectivity index (χ1n) is 7.32. The lowest BCUT2D eigenvalue weighted by atomic mass is 10.0. The quantitative estimate of drug-likeness (QED) is 0.923. The highest BCUT2D eigenvalue weighted by Crippen LogP contribution is 2.15. The van der Waals surface area contributed by atoms with Gasteiger partial charge in [-0.15, -0.1) is 0 Å². The highest BCUT2D eigenvalue weighted by atomic mass is 15.2. The van der Waals surface area contributed by atoms with Gasteiger partial charge in [0.25, 0.3) is 0 Å². The van der Waals surface area contributed by atoms with Gasteiger partial charge in [-0.2, -0.15) is 0 Å². The van der Waals surface area contributed by atoms with Gasteiger partial charge in [0.05, 0.1) is 6.33 Å². The largest absolute Gasteiger partial charge is 0.316 e. The van der Waals surface area contributed by atoms with Crippen molar-refractivity contribution in [2.24, 2.45) is 0 Å². The molecule has 1 unspecified atom stereocenters. The highest BCUT2D eigenvalue weighted by molar-refractivity contribution is 5.34. The number of benzene rings is 1. The molecule has 20 heavy (non-hydrogen) atoms. The maximum atomic E-state index is 4.08. The summed E-state index contributed by atoms with van der Waals surface area (Å²) in [7, 11) is 2.06. The Hall–Kier alpha value is -1.65. The monoisotopic (exact) mass is 270 g/mol. The maximum absolute atomic E-state index is 4.08. The lowest BCUT2D eigenvalue weighted by Crippen LogP contribution is -2.43. The number of aromatic nitrogens is 2.